The number of H-pyrrole nitrogens is 1. The quantitative estimate of drug-likeness (QED) is 0.711. The number of aromatic nitrogens is 2. The normalized spacial score (nSPS) is 10.8. The van der Waals surface area contributed by atoms with Gasteiger partial charge in [0.2, 0.25) is 0 Å². The van der Waals surface area contributed by atoms with Crippen LogP contribution in [0.1, 0.15) is 0 Å². The van der Waals surface area contributed by atoms with Gasteiger partial charge in [-0.05, 0) is 36.5 Å². The van der Waals surface area contributed by atoms with Gasteiger partial charge in [-0.1, -0.05) is 23.7 Å². The van der Waals surface area contributed by atoms with Crippen LogP contribution in [0.2, 0.25) is 5.02 Å². The molecular formula is C14H11ClN2OS. The maximum Gasteiger partial charge on any atom is 0.182 e. The maximum atomic E-state index is 6.28. The minimum absolute atomic E-state index is 0.608. The average Bonchev–Trinajstić information content (AvgIpc) is 2.76. The lowest BCUT2D eigenvalue weighted by molar-refractivity contribution is 0.414. The van der Waals surface area contributed by atoms with Crippen molar-refractivity contribution in [3.05, 3.63) is 52.3 Å². The second kappa shape index (κ2) is 4.72. The SMILES string of the molecule is COc1cccc(-n2c(=S)[nH]c3cccc(Cl)c32)c1. The average molecular weight is 291 g/mol. The summed E-state index contributed by atoms with van der Waals surface area (Å²) in [7, 11) is 1.64. The zero-order chi connectivity index (χ0) is 13.4. The zero-order valence-electron chi connectivity index (χ0n) is 10.2. The number of aromatic amines is 1. The van der Waals surface area contributed by atoms with Gasteiger partial charge < -0.3 is 9.72 Å². The number of nitrogens with one attached hydrogen (secondary N) is 1. The minimum Gasteiger partial charge on any atom is -0.497 e. The van der Waals surface area contributed by atoms with Crippen molar-refractivity contribution in [3.8, 4) is 11.4 Å². The molecule has 1 N–H and O–H groups in total. The summed E-state index contributed by atoms with van der Waals surface area (Å²) in [6, 6.07) is 13.4. The van der Waals surface area contributed by atoms with Crippen LogP contribution >= 0.6 is 23.8 Å². The van der Waals surface area contributed by atoms with Crippen LogP contribution in [0.15, 0.2) is 42.5 Å². The first-order valence-electron chi connectivity index (χ1n) is 5.74. The molecule has 0 saturated heterocycles. The predicted octanol–water partition coefficient (Wildman–Crippen LogP) is 4.35. The molecule has 0 unspecified atom stereocenters. The first-order chi connectivity index (χ1) is 9.20. The Kier molecular flexibility index (Phi) is 3.05. The Morgan fingerprint density at radius 1 is 1.21 bits per heavy atom. The lowest BCUT2D eigenvalue weighted by atomic mass is 10.2. The van der Waals surface area contributed by atoms with Crippen molar-refractivity contribution < 1.29 is 4.74 Å². The third-order valence-electron chi connectivity index (χ3n) is 2.97. The second-order valence-corrected chi connectivity index (χ2v) is 4.90. The Balaban J connectivity index is 2.35. The van der Waals surface area contributed by atoms with E-state index in [0.717, 1.165) is 22.5 Å². The van der Waals surface area contributed by atoms with E-state index in [4.69, 9.17) is 28.6 Å². The Morgan fingerprint density at radius 2 is 2.00 bits per heavy atom. The molecule has 0 fully saturated rings. The number of imidazole rings is 1. The van der Waals surface area contributed by atoms with Gasteiger partial charge in [0.1, 0.15) is 5.75 Å². The molecule has 3 rings (SSSR count). The summed E-state index contributed by atoms with van der Waals surface area (Å²) in [4.78, 5) is 3.16. The van der Waals surface area contributed by atoms with Crippen molar-refractivity contribution >= 4 is 34.9 Å². The Labute approximate surface area is 120 Å². The third-order valence-corrected chi connectivity index (χ3v) is 3.56. The molecule has 1 heterocycles. The van der Waals surface area contributed by atoms with Crippen molar-refractivity contribution in [2.24, 2.45) is 0 Å². The van der Waals surface area contributed by atoms with Gasteiger partial charge in [0.15, 0.2) is 4.77 Å². The first kappa shape index (κ1) is 12.3. The van der Waals surface area contributed by atoms with E-state index in [1.807, 2.05) is 47.0 Å². The molecule has 3 nitrogen and oxygen atoms in total. The highest BCUT2D eigenvalue weighted by Gasteiger charge is 2.10. The molecule has 0 amide bonds. The molecule has 0 aliphatic carbocycles. The molecule has 0 spiro atoms. The van der Waals surface area contributed by atoms with Crippen LogP contribution in [0.4, 0.5) is 0 Å². The van der Waals surface area contributed by atoms with Crippen LogP contribution < -0.4 is 4.74 Å². The summed E-state index contributed by atoms with van der Waals surface area (Å²) in [5, 5.41) is 0.660. The number of rotatable bonds is 2. The predicted molar refractivity (Wildman–Crippen MR) is 80.0 cm³/mol. The summed E-state index contributed by atoms with van der Waals surface area (Å²) in [5.41, 5.74) is 2.71. The van der Waals surface area contributed by atoms with Crippen LogP contribution in [0.3, 0.4) is 0 Å². The number of fused-ring (bicyclic) bond motifs is 1. The number of ether oxygens (including phenoxy) is 1. The molecule has 5 heteroatoms. The Hall–Kier alpha value is -1.78. The molecule has 96 valence electrons. The van der Waals surface area contributed by atoms with Gasteiger partial charge in [-0.3, -0.25) is 4.57 Å². The van der Waals surface area contributed by atoms with Gasteiger partial charge in [-0.2, -0.15) is 0 Å². The molecule has 2 aromatic carbocycles. The van der Waals surface area contributed by atoms with Crippen molar-refractivity contribution in [1.29, 1.82) is 0 Å². The molecule has 0 atom stereocenters. The van der Waals surface area contributed by atoms with Crippen molar-refractivity contribution in [2.45, 2.75) is 0 Å². The van der Waals surface area contributed by atoms with Gasteiger partial charge in [0.05, 0.1) is 28.9 Å². The summed E-state index contributed by atoms with van der Waals surface area (Å²) in [6.45, 7) is 0. The van der Waals surface area contributed by atoms with Crippen LogP contribution in [-0.2, 0) is 0 Å². The van der Waals surface area contributed by atoms with Gasteiger partial charge in [0, 0.05) is 6.07 Å². The van der Waals surface area contributed by atoms with E-state index in [0.29, 0.717) is 9.79 Å². The topological polar surface area (TPSA) is 29.9 Å². The van der Waals surface area contributed by atoms with Crippen molar-refractivity contribution in [2.75, 3.05) is 7.11 Å². The number of benzene rings is 2. The van der Waals surface area contributed by atoms with Crippen molar-refractivity contribution in [3.63, 3.8) is 0 Å². The van der Waals surface area contributed by atoms with Crippen LogP contribution in [0, 0.1) is 4.77 Å². The molecule has 0 radical (unpaired) electrons. The highest BCUT2D eigenvalue weighted by molar-refractivity contribution is 7.71. The summed E-state index contributed by atoms with van der Waals surface area (Å²) in [6.07, 6.45) is 0. The van der Waals surface area contributed by atoms with E-state index in [2.05, 4.69) is 4.98 Å². The first-order valence-corrected chi connectivity index (χ1v) is 6.53. The fraction of sp³-hybridized carbons (Fsp3) is 0.0714. The molecular weight excluding hydrogens is 280 g/mol. The lowest BCUT2D eigenvalue weighted by Crippen LogP contribution is -1.95. The lowest BCUT2D eigenvalue weighted by Gasteiger charge is -2.07. The van der Waals surface area contributed by atoms with E-state index in [9.17, 15) is 0 Å². The van der Waals surface area contributed by atoms with Gasteiger partial charge >= 0.3 is 0 Å². The highest BCUT2D eigenvalue weighted by atomic mass is 35.5. The smallest absolute Gasteiger partial charge is 0.182 e. The summed E-state index contributed by atoms with van der Waals surface area (Å²) < 4.78 is 7.76. The van der Waals surface area contributed by atoms with E-state index in [1.165, 1.54) is 0 Å². The third kappa shape index (κ3) is 2.03. The molecule has 0 aliphatic heterocycles. The van der Waals surface area contributed by atoms with Crippen LogP contribution in [0.25, 0.3) is 16.7 Å². The number of methoxy groups -OCH3 is 1. The van der Waals surface area contributed by atoms with Gasteiger partial charge in [-0.15, -0.1) is 0 Å². The van der Waals surface area contributed by atoms with E-state index in [1.54, 1.807) is 7.11 Å². The van der Waals surface area contributed by atoms with Gasteiger partial charge in [-0.25, -0.2) is 0 Å². The number of halogens is 1. The molecule has 19 heavy (non-hydrogen) atoms. The van der Waals surface area contributed by atoms with Crippen molar-refractivity contribution in [1.82, 2.24) is 9.55 Å². The second-order valence-electron chi connectivity index (χ2n) is 4.10. The van der Waals surface area contributed by atoms with Crippen LogP contribution in [0.5, 0.6) is 5.75 Å². The number of hydrogen-bond acceptors (Lipinski definition) is 2. The molecule has 0 bridgehead atoms. The maximum absolute atomic E-state index is 6.28. The largest absolute Gasteiger partial charge is 0.497 e. The van der Waals surface area contributed by atoms with Crippen LogP contribution in [-0.4, -0.2) is 16.7 Å². The molecule has 0 aliphatic rings. The van der Waals surface area contributed by atoms with E-state index < -0.39 is 0 Å². The van der Waals surface area contributed by atoms with E-state index >= 15 is 0 Å². The Bertz CT molecular complexity index is 807. The fourth-order valence-corrected chi connectivity index (χ4v) is 2.68. The fourth-order valence-electron chi connectivity index (χ4n) is 2.11. The van der Waals surface area contributed by atoms with Gasteiger partial charge in [0.25, 0.3) is 0 Å². The number of para-hydroxylation sites is 1. The number of hydrogen-bond donors (Lipinski definition) is 1. The zero-order valence-corrected chi connectivity index (χ0v) is 11.8. The molecule has 3 aromatic rings. The minimum atomic E-state index is 0.608. The monoisotopic (exact) mass is 290 g/mol. The summed E-state index contributed by atoms with van der Waals surface area (Å²) >= 11 is 11.7. The highest BCUT2D eigenvalue weighted by Crippen LogP contribution is 2.27. The Morgan fingerprint density at radius 3 is 2.79 bits per heavy atom. The van der Waals surface area contributed by atoms with E-state index in [-0.39, 0.29) is 0 Å². The standard InChI is InChI=1S/C14H11ClN2OS/c1-18-10-5-2-4-9(8-10)17-13-11(15)6-3-7-12(13)16-14(17)19/h2-8H,1H3,(H,16,19). The molecule has 1 aromatic heterocycles. The molecule has 0 saturated carbocycles. The number of nitrogens with zero attached hydrogens (tertiary/aromatic N) is 1. The summed E-state index contributed by atoms with van der Waals surface area (Å²) in [5.74, 6) is 0.779.